The molecule has 1 N–H and O–H groups in total. The second-order valence-corrected chi connectivity index (χ2v) is 7.18. The summed E-state index contributed by atoms with van der Waals surface area (Å²) in [7, 11) is 0. The molecular formula is C18H21ClN2O2S. The highest BCUT2D eigenvalue weighted by molar-refractivity contribution is 7.16. The zero-order valence-corrected chi connectivity index (χ0v) is 15.2. The summed E-state index contributed by atoms with van der Waals surface area (Å²) in [5, 5.41) is 2.80. The van der Waals surface area contributed by atoms with Gasteiger partial charge >= 0.3 is 0 Å². The Kier molecular flexibility index (Phi) is 7.28. The molecule has 0 saturated heterocycles. The number of amides is 2. The number of thiophene rings is 1. The quantitative estimate of drug-likeness (QED) is 0.779. The molecule has 0 atom stereocenters. The molecule has 2 rings (SSSR count). The van der Waals surface area contributed by atoms with Crippen LogP contribution in [0.3, 0.4) is 0 Å². The second-order valence-electron chi connectivity index (χ2n) is 5.38. The fourth-order valence-corrected chi connectivity index (χ4v) is 3.42. The number of hydrogen-bond acceptors (Lipinski definition) is 3. The Balaban J connectivity index is 1.73. The van der Waals surface area contributed by atoms with Gasteiger partial charge in [-0.15, -0.1) is 11.3 Å². The van der Waals surface area contributed by atoms with Crippen LogP contribution in [0.4, 0.5) is 0 Å². The van der Waals surface area contributed by atoms with Crippen molar-refractivity contribution >= 4 is 34.8 Å². The summed E-state index contributed by atoms with van der Waals surface area (Å²) in [6.07, 6.45) is 0.633. The molecule has 1 aromatic heterocycles. The number of nitrogens with one attached hydrogen (secondary N) is 1. The number of benzene rings is 1. The van der Waals surface area contributed by atoms with E-state index in [2.05, 4.69) is 5.32 Å². The zero-order valence-electron chi connectivity index (χ0n) is 13.6. The van der Waals surface area contributed by atoms with E-state index in [9.17, 15) is 9.59 Å². The van der Waals surface area contributed by atoms with Gasteiger partial charge in [0.1, 0.15) is 0 Å². The Bertz CT molecular complexity index is 673. The van der Waals surface area contributed by atoms with Crippen molar-refractivity contribution in [2.24, 2.45) is 0 Å². The maximum Gasteiger partial charge on any atom is 0.224 e. The molecule has 2 aromatic rings. The third-order valence-corrected chi connectivity index (χ3v) is 4.79. The lowest BCUT2D eigenvalue weighted by atomic mass is 10.1. The van der Waals surface area contributed by atoms with Gasteiger partial charge in [-0.1, -0.05) is 41.9 Å². The van der Waals surface area contributed by atoms with Crippen molar-refractivity contribution in [2.75, 3.05) is 13.1 Å². The predicted octanol–water partition coefficient (Wildman–Crippen LogP) is 3.50. The van der Waals surface area contributed by atoms with E-state index in [1.807, 2.05) is 49.4 Å². The summed E-state index contributed by atoms with van der Waals surface area (Å²) in [5.41, 5.74) is 0.964. The van der Waals surface area contributed by atoms with E-state index in [1.165, 1.54) is 11.3 Å². The number of carbonyl (C=O) groups is 2. The maximum atomic E-state index is 12.3. The minimum Gasteiger partial charge on any atom is -0.355 e. The van der Waals surface area contributed by atoms with Crippen LogP contribution in [-0.4, -0.2) is 29.8 Å². The number of halogens is 1. The Hall–Kier alpha value is -1.85. The van der Waals surface area contributed by atoms with Crippen molar-refractivity contribution in [2.45, 2.75) is 26.3 Å². The van der Waals surface area contributed by atoms with Crippen molar-refractivity contribution < 1.29 is 9.59 Å². The zero-order chi connectivity index (χ0) is 17.4. The van der Waals surface area contributed by atoms with Crippen LogP contribution < -0.4 is 5.32 Å². The van der Waals surface area contributed by atoms with E-state index in [-0.39, 0.29) is 11.8 Å². The van der Waals surface area contributed by atoms with Crippen LogP contribution >= 0.6 is 22.9 Å². The molecule has 0 aliphatic rings. The van der Waals surface area contributed by atoms with Crippen molar-refractivity contribution in [3.05, 3.63) is 57.2 Å². The van der Waals surface area contributed by atoms with Crippen LogP contribution in [0, 0.1) is 0 Å². The molecule has 0 fully saturated rings. The summed E-state index contributed by atoms with van der Waals surface area (Å²) in [6, 6.07) is 13.3. The van der Waals surface area contributed by atoms with E-state index >= 15 is 0 Å². The Labute approximate surface area is 151 Å². The van der Waals surface area contributed by atoms with E-state index in [0.29, 0.717) is 32.5 Å². The third-order valence-electron chi connectivity index (χ3n) is 3.58. The molecule has 4 nitrogen and oxygen atoms in total. The van der Waals surface area contributed by atoms with Crippen molar-refractivity contribution in [1.29, 1.82) is 0 Å². The molecule has 6 heteroatoms. The minimum atomic E-state index is -0.0675. The van der Waals surface area contributed by atoms with E-state index < -0.39 is 0 Å². The molecule has 0 aliphatic carbocycles. The lowest BCUT2D eigenvalue weighted by Gasteiger charge is -2.20. The van der Waals surface area contributed by atoms with Gasteiger partial charge in [-0.3, -0.25) is 9.59 Å². The summed E-state index contributed by atoms with van der Waals surface area (Å²) >= 11 is 7.40. The molecule has 128 valence electrons. The van der Waals surface area contributed by atoms with Gasteiger partial charge in [-0.25, -0.2) is 0 Å². The summed E-state index contributed by atoms with van der Waals surface area (Å²) in [6.45, 7) is 3.49. The van der Waals surface area contributed by atoms with Gasteiger partial charge in [-0.2, -0.15) is 0 Å². The SMILES string of the molecule is CCN(Cc1ccc(Cl)s1)C(=O)CCNC(=O)Cc1ccccc1. The van der Waals surface area contributed by atoms with Crippen molar-refractivity contribution in [3.63, 3.8) is 0 Å². The first-order valence-electron chi connectivity index (χ1n) is 7.91. The summed E-state index contributed by atoms with van der Waals surface area (Å²) in [4.78, 5) is 27.0. The molecule has 1 aromatic carbocycles. The lowest BCUT2D eigenvalue weighted by Crippen LogP contribution is -2.34. The highest BCUT2D eigenvalue weighted by atomic mass is 35.5. The first-order valence-corrected chi connectivity index (χ1v) is 9.10. The van der Waals surface area contributed by atoms with Gasteiger partial charge in [0.25, 0.3) is 0 Å². The molecule has 2 amide bonds. The Morgan fingerprint density at radius 1 is 1.17 bits per heavy atom. The standard InChI is InChI=1S/C18H21ClN2O2S/c1-2-21(13-15-8-9-16(19)24-15)18(23)10-11-20-17(22)12-14-6-4-3-5-7-14/h3-9H,2,10-13H2,1H3,(H,20,22). The van der Waals surface area contributed by atoms with Crippen LogP contribution in [0.15, 0.2) is 42.5 Å². The number of hydrogen-bond donors (Lipinski definition) is 1. The molecule has 0 spiro atoms. The number of carbonyl (C=O) groups excluding carboxylic acids is 2. The van der Waals surface area contributed by atoms with Crippen LogP contribution in [-0.2, 0) is 22.6 Å². The monoisotopic (exact) mass is 364 g/mol. The van der Waals surface area contributed by atoms with E-state index in [0.717, 1.165) is 14.8 Å². The van der Waals surface area contributed by atoms with Crippen LogP contribution in [0.1, 0.15) is 23.8 Å². The highest BCUT2D eigenvalue weighted by Gasteiger charge is 2.13. The molecule has 0 aliphatic heterocycles. The first kappa shape index (κ1) is 18.5. The molecule has 0 unspecified atom stereocenters. The fraction of sp³-hybridized carbons (Fsp3) is 0.333. The molecule has 0 bridgehead atoms. The van der Waals surface area contributed by atoms with Gasteiger partial charge in [0.05, 0.1) is 17.3 Å². The summed E-state index contributed by atoms with van der Waals surface area (Å²) < 4.78 is 0.724. The van der Waals surface area contributed by atoms with Crippen molar-refractivity contribution in [3.8, 4) is 0 Å². The Morgan fingerprint density at radius 3 is 2.54 bits per heavy atom. The average molecular weight is 365 g/mol. The van der Waals surface area contributed by atoms with Crippen LogP contribution in [0.25, 0.3) is 0 Å². The summed E-state index contributed by atoms with van der Waals surface area (Å²) in [5.74, 6) is -0.0379. The van der Waals surface area contributed by atoms with Gasteiger partial charge in [0.2, 0.25) is 11.8 Å². The predicted molar refractivity (Wildman–Crippen MR) is 98.2 cm³/mol. The molecule has 0 saturated carbocycles. The molecule has 24 heavy (non-hydrogen) atoms. The first-order chi connectivity index (χ1) is 11.6. The highest BCUT2D eigenvalue weighted by Crippen LogP contribution is 2.22. The smallest absolute Gasteiger partial charge is 0.224 e. The van der Waals surface area contributed by atoms with Gasteiger partial charge in [0.15, 0.2) is 0 Å². The average Bonchev–Trinajstić information content (AvgIpc) is 2.98. The largest absolute Gasteiger partial charge is 0.355 e. The normalized spacial score (nSPS) is 10.4. The van der Waals surface area contributed by atoms with Crippen LogP contribution in [0.5, 0.6) is 0 Å². The van der Waals surface area contributed by atoms with Gasteiger partial charge in [0, 0.05) is 24.4 Å². The molecule has 1 heterocycles. The lowest BCUT2D eigenvalue weighted by molar-refractivity contribution is -0.131. The topological polar surface area (TPSA) is 49.4 Å². The minimum absolute atomic E-state index is 0.0297. The molecule has 0 radical (unpaired) electrons. The fourth-order valence-electron chi connectivity index (χ4n) is 2.31. The number of nitrogens with zero attached hydrogens (tertiary/aromatic N) is 1. The maximum absolute atomic E-state index is 12.3. The van der Waals surface area contributed by atoms with Gasteiger partial charge in [-0.05, 0) is 24.6 Å². The van der Waals surface area contributed by atoms with Gasteiger partial charge < -0.3 is 10.2 Å². The second kappa shape index (κ2) is 9.45. The van der Waals surface area contributed by atoms with E-state index in [1.54, 1.807) is 4.90 Å². The molecular weight excluding hydrogens is 344 g/mol. The third kappa shape index (κ3) is 5.98. The number of rotatable bonds is 8. The Morgan fingerprint density at radius 2 is 1.92 bits per heavy atom. The van der Waals surface area contributed by atoms with Crippen LogP contribution in [0.2, 0.25) is 4.34 Å². The van der Waals surface area contributed by atoms with Crippen molar-refractivity contribution in [1.82, 2.24) is 10.2 Å². The van der Waals surface area contributed by atoms with E-state index in [4.69, 9.17) is 11.6 Å².